The fourth-order valence-electron chi connectivity index (χ4n) is 5.47. The number of esters is 1. The van der Waals surface area contributed by atoms with Crippen LogP contribution in [0.2, 0.25) is 0 Å². The maximum absolute atomic E-state index is 12.6. The van der Waals surface area contributed by atoms with Crippen LogP contribution in [0.5, 0.6) is 0 Å². The Labute approximate surface area is 352 Å². The molecule has 3 atom stereocenters. The Hall–Kier alpha value is -2.85. The Kier molecular flexibility index (Phi) is 40.2. The summed E-state index contributed by atoms with van der Waals surface area (Å²) in [6.45, 7) is 3.65. The number of nitrogens with two attached hydrogens (primary N) is 1. The van der Waals surface area contributed by atoms with Crippen molar-refractivity contribution >= 4 is 19.8 Å². The van der Waals surface area contributed by atoms with E-state index in [4.69, 9.17) is 29.4 Å². The van der Waals surface area contributed by atoms with E-state index in [1.807, 2.05) is 0 Å². The molecule has 0 radical (unpaired) electrons. The van der Waals surface area contributed by atoms with Crippen molar-refractivity contribution in [3.8, 4) is 0 Å². The minimum Gasteiger partial charge on any atom is -0.480 e. The molecule has 0 aliphatic rings. The molecule has 10 nitrogen and oxygen atoms in total. The summed E-state index contributed by atoms with van der Waals surface area (Å²) in [7, 11) is -4.63. The summed E-state index contributed by atoms with van der Waals surface area (Å²) >= 11 is 0. The third kappa shape index (κ3) is 41.3. The first kappa shape index (κ1) is 55.2. The highest BCUT2D eigenvalue weighted by atomic mass is 31.2. The molecule has 0 saturated heterocycles. The number of carbonyl (C=O) groups excluding carboxylic acids is 1. The van der Waals surface area contributed by atoms with Crippen LogP contribution in [0.25, 0.3) is 0 Å². The van der Waals surface area contributed by atoms with Crippen LogP contribution in [0.1, 0.15) is 162 Å². The van der Waals surface area contributed by atoms with Gasteiger partial charge in [0.05, 0.1) is 19.8 Å². The molecule has 11 heteroatoms. The third-order valence-electron chi connectivity index (χ3n) is 8.91. The number of phosphoric acid groups is 1. The van der Waals surface area contributed by atoms with Crippen molar-refractivity contribution in [1.82, 2.24) is 0 Å². The summed E-state index contributed by atoms with van der Waals surface area (Å²) in [5.74, 6) is -1.81. The molecule has 0 fully saturated rings. The number of unbranched alkanes of at least 4 members (excludes halogenated alkanes) is 13. The van der Waals surface area contributed by atoms with Crippen molar-refractivity contribution in [2.75, 3.05) is 26.4 Å². The number of carboxylic acids is 1. The molecule has 0 aromatic rings. The number of phosphoric ester groups is 1. The quantitative estimate of drug-likeness (QED) is 0.0235. The normalized spacial score (nSPS) is 14.7. The first-order valence-corrected chi connectivity index (χ1v) is 23.6. The Morgan fingerprint density at radius 3 is 1.50 bits per heavy atom. The molecule has 0 aliphatic heterocycles. The van der Waals surface area contributed by atoms with Crippen LogP contribution in [-0.2, 0) is 32.7 Å². The molecule has 0 spiro atoms. The van der Waals surface area contributed by atoms with Crippen LogP contribution >= 0.6 is 7.82 Å². The molecule has 0 saturated carbocycles. The standard InChI is InChI=1S/C47H80NO9P/c1-3-5-7-9-11-13-15-17-19-20-21-22-23-24-25-26-28-30-32-34-36-38-40-54-41-44(42-55-58(52,53)56-43-45(48)47(50)51)57-46(49)39-37-35-33-31-29-27-18-16-14-12-10-8-6-4-2/h5,7,10-13,16-19,21-22,24-25,44-45H,3-4,6,8-9,14-15,20,23,26-43,48H2,1-2H3,(H,50,51)(H,52,53)/b7-5-,12-10-,13-11-,18-16-,19-17-,22-21-,25-24-. The molecule has 4 N–H and O–H groups in total. The fraction of sp³-hybridized carbons (Fsp3) is 0.660. The lowest BCUT2D eigenvalue weighted by Crippen LogP contribution is -2.34. The maximum atomic E-state index is 12.6. The van der Waals surface area contributed by atoms with Crippen molar-refractivity contribution in [1.29, 1.82) is 0 Å². The van der Waals surface area contributed by atoms with Crippen LogP contribution in [0, 0.1) is 0 Å². The maximum Gasteiger partial charge on any atom is 0.472 e. The second kappa shape index (κ2) is 42.3. The number of rotatable bonds is 41. The van der Waals surface area contributed by atoms with Crippen molar-refractivity contribution < 1.29 is 42.7 Å². The lowest BCUT2D eigenvalue weighted by molar-refractivity contribution is -0.154. The molecular formula is C47H80NO9P. The average molecular weight is 834 g/mol. The summed E-state index contributed by atoms with van der Waals surface area (Å²) in [6.07, 6.45) is 53.5. The smallest absolute Gasteiger partial charge is 0.472 e. The zero-order valence-electron chi connectivity index (χ0n) is 36.1. The number of ether oxygens (including phenoxy) is 2. The topological polar surface area (TPSA) is 155 Å². The van der Waals surface area contributed by atoms with Gasteiger partial charge in [0.25, 0.3) is 0 Å². The molecule has 0 aromatic heterocycles. The minimum absolute atomic E-state index is 0.00429. The second-order valence-corrected chi connectivity index (χ2v) is 15.9. The Bertz CT molecular complexity index is 1240. The van der Waals surface area contributed by atoms with Crippen molar-refractivity contribution in [2.45, 2.75) is 174 Å². The summed E-state index contributed by atoms with van der Waals surface area (Å²) in [4.78, 5) is 33.5. The van der Waals surface area contributed by atoms with E-state index in [0.29, 0.717) is 13.0 Å². The molecule has 3 unspecified atom stereocenters. The predicted octanol–water partition coefficient (Wildman–Crippen LogP) is 12.4. The van der Waals surface area contributed by atoms with Gasteiger partial charge in [-0.15, -0.1) is 0 Å². The van der Waals surface area contributed by atoms with Crippen LogP contribution in [0.3, 0.4) is 0 Å². The highest BCUT2D eigenvalue weighted by Gasteiger charge is 2.27. The van der Waals surface area contributed by atoms with Crippen molar-refractivity contribution in [3.63, 3.8) is 0 Å². The number of hydrogen-bond donors (Lipinski definition) is 3. The van der Waals surface area contributed by atoms with Gasteiger partial charge in [0, 0.05) is 13.0 Å². The van der Waals surface area contributed by atoms with E-state index in [2.05, 4.69) is 98.9 Å². The highest BCUT2D eigenvalue weighted by Crippen LogP contribution is 2.43. The zero-order valence-corrected chi connectivity index (χ0v) is 37.0. The monoisotopic (exact) mass is 834 g/mol. The highest BCUT2D eigenvalue weighted by molar-refractivity contribution is 7.47. The van der Waals surface area contributed by atoms with Crippen LogP contribution in [0.15, 0.2) is 85.1 Å². The first-order valence-electron chi connectivity index (χ1n) is 22.1. The van der Waals surface area contributed by atoms with Gasteiger partial charge in [-0.2, -0.15) is 0 Å². The van der Waals surface area contributed by atoms with Crippen molar-refractivity contribution in [3.05, 3.63) is 85.1 Å². The van der Waals surface area contributed by atoms with Gasteiger partial charge in [-0.25, -0.2) is 4.57 Å². The molecule has 0 amide bonds. The van der Waals surface area contributed by atoms with E-state index in [0.717, 1.165) is 109 Å². The molecule has 58 heavy (non-hydrogen) atoms. The van der Waals surface area contributed by atoms with Gasteiger partial charge < -0.3 is 25.2 Å². The van der Waals surface area contributed by atoms with E-state index < -0.39 is 45.1 Å². The predicted molar refractivity (Wildman–Crippen MR) is 240 cm³/mol. The largest absolute Gasteiger partial charge is 0.480 e. The fourth-order valence-corrected chi connectivity index (χ4v) is 6.25. The van der Waals surface area contributed by atoms with Crippen LogP contribution in [-0.4, -0.2) is 60.5 Å². The number of hydrogen-bond acceptors (Lipinski definition) is 8. The number of allylic oxidation sites excluding steroid dienone is 14. The third-order valence-corrected chi connectivity index (χ3v) is 9.86. The van der Waals surface area contributed by atoms with Gasteiger partial charge in [-0.05, 0) is 83.5 Å². The lowest BCUT2D eigenvalue weighted by atomic mass is 10.1. The van der Waals surface area contributed by atoms with Gasteiger partial charge in [-0.3, -0.25) is 18.6 Å². The summed E-state index contributed by atoms with van der Waals surface area (Å²) in [6, 6.07) is -1.48. The first-order chi connectivity index (χ1) is 28.2. The SMILES string of the molecule is CC/C=C\C/C=C\C/C=C\C/C=C\C/C=C\CCCCCCCCOCC(COP(=O)(O)OCC(N)C(=O)O)OC(=O)CCCCCCC/C=C\C/C=C\CCCC. The van der Waals surface area contributed by atoms with Gasteiger partial charge in [0.2, 0.25) is 0 Å². The number of carbonyl (C=O) groups is 2. The Morgan fingerprint density at radius 2 is 1.00 bits per heavy atom. The molecule has 0 heterocycles. The van der Waals surface area contributed by atoms with Crippen molar-refractivity contribution in [2.24, 2.45) is 5.73 Å². The lowest BCUT2D eigenvalue weighted by Gasteiger charge is -2.20. The molecule has 0 aromatic carbocycles. The Morgan fingerprint density at radius 1 is 0.569 bits per heavy atom. The Balaban J connectivity index is 4.28. The molecular weight excluding hydrogens is 753 g/mol. The molecule has 0 bridgehead atoms. The zero-order chi connectivity index (χ0) is 42.6. The van der Waals surface area contributed by atoms with E-state index in [1.54, 1.807) is 0 Å². The van der Waals surface area contributed by atoms with Crippen LogP contribution < -0.4 is 5.73 Å². The summed E-state index contributed by atoms with van der Waals surface area (Å²) in [5.41, 5.74) is 5.35. The summed E-state index contributed by atoms with van der Waals surface area (Å²) in [5, 5.41) is 8.90. The molecule has 332 valence electrons. The summed E-state index contributed by atoms with van der Waals surface area (Å²) < 4.78 is 33.3. The minimum atomic E-state index is -4.63. The van der Waals surface area contributed by atoms with Gasteiger partial charge >= 0.3 is 19.8 Å². The van der Waals surface area contributed by atoms with Gasteiger partial charge in [-0.1, -0.05) is 157 Å². The van der Waals surface area contributed by atoms with E-state index in [-0.39, 0.29) is 13.0 Å². The molecule has 0 rings (SSSR count). The van der Waals surface area contributed by atoms with E-state index >= 15 is 0 Å². The van der Waals surface area contributed by atoms with E-state index in [1.165, 1.54) is 25.7 Å². The van der Waals surface area contributed by atoms with Gasteiger partial charge in [0.15, 0.2) is 0 Å². The number of aliphatic carboxylic acids is 1. The molecule has 0 aliphatic carbocycles. The van der Waals surface area contributed by atoms with Gasteiger partial charge in [0.1, 0.15) is 12.1 Å². The number of carboxylic acid groups (broad SMARTS) is 1. The van der Waals surface area contributed by atoms with E-state index in [9.17, 15) is 19.0 Å². The van der Waals surface area contributed by atoms with Crippen LogP contribution in [0.4, 0.5) is 0 Å². The average Bonchev–Trinajstić information content (AvgIpc) is 3.20. The second-order valence-electron chi connectivity index (χ2n) is 14.4.